The molecule has 4 heteroatoms. The van der Waals surface area contributed by atoms with Crippen LogP contribution < -0.4 is 4.74 Å². The predicted molar refractivity (Wildman–Crippen MR) is 115 cm³/mol. The molecular formula is C22H16BrClOS. The predicted octanol–water partition coefficient (Wildman–Crippen LogP) is 7.49. The lowest BCUT2D eigenvalue weighted by atomic mass is 10.1. The van der Waals surface area contributed by atoms with E-state index in [-0.39, 0.29) is 0 Å². The second-order valence-electron chi connectivity index (χ2n) is 6.08. The maximum atomic E-state index is 6.54. The Kier molecular flexibility index (Phi) is 5.30. The van der Waals surface area contributed by atoms with Crippen molar-refractivity contribution >= 4 is 49.0 Å². The van der Waals surface area contributed by atoms with Crippen LogP contribution in [0.1, 0.15) is 16.0 Å². The summed E-state index contributed by atoms with van der Waals surface area (Å²) in [5, 5.41) is 2.01. The van der Waals surface area contributed by atoms with E-state index in [0.29, 0.717) is 6.61 Å². The van der Waals surface area contributed by atoms with E-state index in [2.05, 4.69) is 52.3 Å². The first-order valence-corrected chi connectivity index (χ1v) is 10.3. The van der Waals surface area contributed by atoms with Crippen LogP contribution in [-0.4, -0.2) is 0 Å². The topological polar surface area (TPSA) is 9.23 Å². The summed E-state index contributed by atoms with van der Waals surface area (Å²) in [7, 11) is 0. The van der Waals surface area contributed by atoms with Gasteiger partial charge >= 0.3 is 0 Å². The summed E-state index contributed by atoms with van der Waals surface area (Å²) in [5.41, 5.74) is 2.22. The molecule has 0 radical (unpaired) electrons. The standard InChI is InChI=1S/C22H16BrClOS/c23-19-12-17(11-18-10-16-8-4-5-9-22(16)26-18)20(24)13-21(19)25-14-15-6-2-1-3-7-15/h1-10,12-13H,11,14H2. The Balaban J connectivity index is 1.53. The third kappa shape index (κ3) is 3.96. The zero-order chi connectivity index (χ0) is 17.9. The smallest absolute Gasteiger partial charge is 0.135 e. The maximum Gasteiger partial charge on any atom is 0.135 e. The van der Waals surface area contributed by atoms with Gasteiger partial charge in [-0.1, -0.05) is 60.1 Å². The van der Waals surface area contributed by atoms with Crippen molar-refractivity contribution in [2.24, 2.45) is 0 Å². The summed E-state index contributed by atoms with van der Waals surface area (Å²) in [4.78, 5) is 1.30. The number of benzene rings is 3. The van der Waals surface area contributed by atoms with Crippen LogP contribution in [0.2, 0.25) is 5.02 Å². The molecule has 26 heavy (non-hydrogen) atoms. The highest BCUT2D eigenvalue weighted by Gasteiger charge is 2.11. The Morgan fingerprint density at radius 2 is 1.69 bits per heavy atom. The lowest BCUT2D eigenvalue weighted by Gasteiger charge is -2.11. The van der Waals surface area contributed by atoms with Gasteiger partial charge in [0, 0.05) is 27.1 Å². The average Bonchev–Trinajstić information content (AvgIpc) is 3.06. The van der Waals surface area contributed by atoms with Crippen LogP contribution in [0.15, 0.2) is 77.3 Å². The van der Waals surface area contributed by atoms with Crippen molar-refractivity contribution in [1.29, 1.82) is 0 Å². The fraction of sp³-hybridized carbons (Fsp3) is 0.0909. The molecule has 1 aromatic heterocycles. The molecule has 0 aliphatic heterocycles. The fourth-order valence-electron chi connectivity index (χ4n) is 2.86. The summed E-state index contributed by atoms with van der Waals surface area (Å²) in [6, 6.07) is 24.8. The lowest BCUT2D eigenvalue weighted by molar-refractivity contribution is 0.304. The summed E-state index contributed by atoms with van der Waals surface area (Å²) < 4.78 is 8.16. The zero-order valence-corrected chi connectivity index (χ0v) is 17.1. The van der Waals surface area contributed by atoms with Gasteiger partial charge in [-0.2, -0.15) is 0 Å². The van der Waals surface area contributed by atoms with E-state index in [9.17, 15) is 0 Å². The molecule has 0 saturated carbocycles. The highest BCUT2D eigenvalue weighted by molar-refractivity contribution is 9.10. The summed E-state index contributed by atoms with van der Waals surface area (Å²) in [5.74, 6) is 0.763. The van der Waals surface area contributed by atoms with E-state index in [4.69, 9.17) is 16.3 Å². The molecule has 0 spiro atoms. The normalized spacial score (nSPS) is 11.0. The van der Waals surface area contributed by atoms with Gasteiger partial charge in [-0.05, 0) is 50.6 Å². The largest absolute Gasteiger partial charge is 0.488 e. The minimum Gasteiger partial charge on any atom is -0.488 e. The number of ether oxygens (including phenoxy) is 1. The SMILES string of the molecule is Clc1cc(OCc2ccccc2)c(Br)cc1Cc1cc2ccccc2s1. The first-order valence-electron chi connectivity index (χ1n) is 8.31. The van der Waals surface area contributed by atoms with Gasteiger partial charge in [0.05, 0.1) is 4.47 Å². The van der Waals surface area contributed by atoms with Crippen molar-refractivity contribution in [3.05, 3.63) is 98.3 Å². The van der Waals surface area contributed by atoms with Crippen LogP contribution >= 0.6 is 38.9 Å². The van der Waals surface area contributed by atoms with Crippen molar-refractivity contribution in [3.8, 4) is 5.75 Å². The molecule has 0 atom stereocenters. The number of fused-ring (bicyclic) bond motifs is 1. The molecular weight excluding hydrogens is 428 g/mol. The molecule has 0 N–H and O–H groups in total. The van der Waals surface area contributed by atoms with E-state index in [1.807, 2.05) is 47.7 Å². The highest BCUT2D eigenvalue weighted by atomic mass is 79.9. The van der Waals surface area contributed by atoms with Crippen LogP contribution in [0.5, 0.6) is 5.75 Å². The van der Waals surface area contributed by atoms with Crippen molar-refractivity contribution in [2.45, 2.75) is 13.0 Å². The van der Waals surface area contributed by atoms with E-state index in [1.165, 1.54) is 15.0 Å². The first kappa shape index (κ1) is 17.6. The third-order valence-corrected chi connectivity index (χ3v) is 6.27. The molecule has 1 heterocycles. The molecule has 0 aliphatic carbocycles. The van der Waals surface area contributed by atoms with Crippen LogP contribution in [0.3, 0.4) is 0 Å². The van der Waals surface area contributed by atoms with Crippen molar-refractivity contribution in [1.82, 2.24) is 0 Å². The third-order valence-electron chi connectivity index (χ3n) is 4.18. The van der Waals surface area contributed by atoms with Gasteiger partial charge in [0.15, 0.2) is 0 Å². The van der Waals surface area contributed by atoms with Gasteiger partial charge in [0.2, 0.25) is 0 Å². The van der Waals surface area contributed by atoms with Gasteiger partial charge in [-0.3, -0.25) is 0 Å². The molecule has 0 bridgehead atoms. The summed E-state index contributed by atoms with van der Waals surface area (Å²) >= 11 is 12.0. The van der Waals surface area contributed by atoms with Crippen LogP contribution in [0.25, 0.3) is 10.1 Å². The second-order valence-corrected chi connectivity index (χ2v) is 8.51. The van der Waals surface area contributed by atoms with Gasteiger partial charge in [-0.25, -0.2) is 0 Å². The van der Waals surface area contributed by atoms with Crippen molar-refractivity contribution in [3.63, 3.8) is 0 Å². The van der Waals surface area contributed by atoms with E-state index in [1.54, 1.807) is 0 Å². The van der Waals surface area contributed by atoms with Crippen LogP contribution in [0, 0.1) is 0 Å². The monoisotopic (exact) mass is 442 g/mol. The maximum absolute atomic E-state index is 6.54. The number of hydrogen-bond acceptors (Lipinski definition) is 2. The highest BCUT2D eigenvalue weighted by Crippen LogP contribution is 2.35. The minimum absolute atomic E-state index is 0.519. The molecule has 0 amide bonds. The molecule has 130 valence electrons. The summed E-state index contributed by atoms with van der Waals surface area (Å²) in [6.07, 6.45) is 0.815. The van der Waals surface area contributed by atoms with E-state index < -0.39 is 0 Å². The zero-order valence-electron chi connectivity index (χ0n) is 13.9. The number of thiophene rings is 1. The van der Waals surface area contributed by atoms with Crippen molar-refractivity contribution in [2.75, 3.05) is 0 Å². The van der Waals surface area contributed by atoms with Gasteiger partial charge in [0.1, 0.15) is 12.4 Å². The Morgan fingerprint density at radius 3 is 2.50 bits per heavy atom. The molecule has 3 aromatic carbocycles. The Hall–Kier alpha value is -1.81. The second kappa shape index (κ2) is 7.83. The first-order chi connectivity index (χ1) is 12.7. The molecule has 0 saturated heterocycles. The van der Waals surface area contributed by atoms with E-state index in [0.717, 1.165) is 32.8 Å². The van der Waals surface area contributed by atoms with Crippen molar-refractivity contribution < 1.29 is 4.74 Å². The lowest BCUT2D eigenvalue weighted by Crippen LogP contribution is -1.97. The van der Waals surface area contributed by atoms with Crippen LogP contribution in [-0.2, 0) is 13.0 Å². The quantitative estimate of drug-likeness (QED) is 0.310. The Labute approximate surface area is 170 Å². The van der Waals surface area contributed by atoms with Gasteiger partial charge < -0.3 is 4.74 Å². The number of halogens is 2. The van der Waals surface area contributed by atoms with Crippen LogP contribution in [0.4, 0.5) is 0 Å². The summed E-state index contributed by atoms with van der Waals surface area (Å²) in [6.45, 7) is 0.519. The number of rotatable bonds is 5. The van der Waals surface area contributed by atoms with E-state index >= 15 is 0 Å². The molecule has 4 rings (SSSR count). The van der Waals surface area contributed by atoms with Gasteiger partial charge in [-0.15, -0.1) is 11.3 Å². The molecule has 1 nitrogen and oxygen atoms in total. The average molecular weight is 444 g/mol. The fourth-order valence-corrected chi connectivity index (χ4v) is 4.68. The Morgan fingerprint density at radius 1 is 0.923 bits per heavy atom. The number of hydrogen-bond donors (Lipinski definition) is 0. The molecule has 0 aliphatic rings. The molecule has 0 fully saturated rings. The molecule has 0 unspecified atom stereocenters. The Bertz CT molecular complexity index is 1010. The minimum atomic E-state index is 0.519. The van der Waals surface area contributed by atoms with Gasteiger partial charge in [0.25, 0.3) is 0 Å². The molecule has 4 aromatic rings.